The van der Waals surface area contributed by atoms with Crippen molar-refractivity contribution in [2.24, 2.45) is 0 Å². The number of ether oxygens (including phenoxy) is 1. The number of aromatic amines is 1. The molecular weight excluding hydrogens is 346 g/mol. The molecule has 1 rings (SSSR count). The van der Waals surface area contributed by atoms with Crippen LogP contribution in [-0.2, 0) is 14.8 Å². The van der Waals surface area contributed by atoms with E-state index in [1.807, 2.05) is 0 Å². The van der Waals surface area contributed by atoms with E-state index in [1.165, 1.54) is 11.4 Å². The van der Waals surface area contributed by atoms with E-state index in [9.17, 15) is 18.0 Å². The Morgan fingerprint density at radius 2 is 1.88 bits per heavy atom. The Morgan fingerprint density at radius 1 is 1.28 bits per heavy atom. The molecule has 9 heteroatoms. The number of hydrogen-bond donors (Lipinski definition) is 2. The minimum atomic E-state index is -3.22. The zero-order valence-corrected chi connectivity index (χ0v) is 16.4. The van der Waals surface area contributed by atoms with Crippen LogP contribution in [0.5, 0.6) is 0 Å². The monoisotopic (exact) mass is 373 g/mol. The third kappa shape index (κ3) is 5.86. The molecule has 25 heavy (non-hydrogen) atoms. The first kappa shape index (κ1) is 21.2. The molecule has 1 aromatic heterocycles. The number of carbonyl (C=O) groups excluding carboxylic acids is 2. The molecule has 0 saturated carbocycles. The number of hydrogen-bond acceptors (Lipinski definition) is 5. The lowest BCUT2D eigenvalue weighted by atomic mass is 10.1. The van der Waals surface area contributed by atoms with Gasteiger partial charge in [0, 0.05) is 25.8 Å². The number of rotatable bonds is 8. The number of amides is 1. The Balaban J connectivity index is 2.70. The van der Waals surface area contributed by atoms with Gasteiger partial charge in [0.25, 0.3) is 5.91 Å². The van der Waals surface area contributed by atoms with Crippen LogP contribution in [0.4, 0.5) is 0 Å². The van der Waals surface area contributed by atoms with Crippen LogP contribution in [0.2, 0.25) is 0 Å². The van der Waals surface area contributed by atoms with Gasteiger partial charge >= 0.3 is 5.97 Å². The largest absolute Gasteiger partial charge is 0.459 e. The molecule has 0 atom stereocenters. The van der Waals surface area contributed by atoms with E-state index in [4.69, 9.17) is 4.74 Å². The van der Waals surface area contributed by atoms with Crippen LogP contribution in [0.3, 0.4) is 0 Å². The molecule has 2 N–H and O–H groups in total. The summed E-state index contributed by atoms with van der Waals surface area (Å²) in [6.07, 6.45) is 1.37. The van der Waals surface area contributed by atoms with E-state index in [2.05, 4.69) is 10.3 Å². The van der Waals surface area contributed by atoms with Gasteiger partial charge in [0.1, 0.15) is 5.69 Å². The molecule has 1 aromatic rings. The fourth-order valence-corrected chi connectivity index (χ4v) is 2.77. The van der Waals surface area contributed by atoms with Crippen LogP contribution in [-0.4, -0.2) is 62.1 Å². The van der Waals surface area contributed by atoms with E-state index in [0.717, 1.165) is 6.26 Å². The van der Waals surface area contributed by atoms with Crippen molar-refractivity contribution in [3.05, 3.63) is 22.5 Å². The lowest BCUT2D eigenvalue weighted by molar-refractivity contribution is 0.0376. The third-order valence-electron chi connectivity index (χ3n) is 3.71. The summed E-state index contributed by atoms with van der Waals surface area (Å²) < 4.78 is 29.0. The number of nitrogens with zero attached hydrogens (tertiary/aromatic N) is 1. The van der Waals surface area contributed by atoms with E-state index >= 15 is 0 Å². The summed E-state index contributed by atoms with van der Waals surface area (Å²) in [4.78, 5) is 27.3. The number of sulfonamides is 1. The van der Waals surface area contributed by atoms with Crippen LogP contribution in [0.1, 0.15) is 52.4 Å². The van der Waals surface area contributed by atoms with Gasteiger partial charge < -0.3 is 15.0 Å². The van der Waals surface area contributed by atoms with E-state index in [1.54, 1.807) is 27.7 Å². The molecule has 0 aliphatic heterocycles. The number of aromatic nitrogens is 1. The Hall–Kier alpha value is -1.87. The predicted molar refractivity (Wildman–Crippen MR) is 95.2 cm³/mol. The summed E-state index contributed by atoms with van der Waals surface area (Å²) in [6, 6.07) is 0. The number of aryl methyl sites for hydroxylation is 1. The van der Waals surface area contributed by atoms with Crippen molar-refractivity contribution in [2.45, 2.75) is 40.2 Å². The smallest absolute Gasteiger partial charge is 0.340 e. The van der Waals surface area contributed by atoms with Gasteiger partial charge in [0.2, 0.25) is 10.0 Å². The number of H-pyrrole nitrogens is 1. The van der Waals surface area contributed by atoms with Crippen molar-refractivity contribution >= 4 is 21.9 Å². The number of carbonyl (C=O) groups is 2. The van der Waals surface area contributed by atoms with Crippen molar-refractivity contribution in [1.29, 1.82) is 0 Å². The molecule has 1 amide bonds. The second-order valence-electron chi connectivity index (χ2n) is 6.27. The Kier molecular flexibility index (Phi) is 7.18. The Morgan fingerprint density at radius 3 is 2.40 bits per heavy atom. The van der Waals surface area contributed by atoms with Crippen LogP contribution in [0.25, 0.3) is 0 Å². The first-order valence-corrected chi connectivity index (χ1v) is 9.89. The molecule has 0 aromatic carbocycles. The maximum atomic E-state index is 12.3. The summed E-state index contributed by atoms with van der Waals surface area (Å²) in [5, 5.41) is 2.72. The number of nitrogens with one attached hydrogen (secondary N) is 2. The highest BCUT2D eigenvalue weighted by Gasteiger charge is 2.23. The van der Waals surface area contributed by atoms with Gasteiger partial charge in [-0.2, -0.15) is 0 Å². The highest BCUT2D eigenvalue weighted by atomic mass is 32.2. The van der Waals surface area contributed by atoms with Crippen LogP contribution >= 0.6 is 0 Å². The maximum Gasteiger partial charge on any atom is 0.340 e. The Bertz CT molecular complexity index is 737. The number of esters is 1. The fourth-order valence-electron chi connectivity index (χ4n) is 2.31. The molecule has 0 aliphatic carbocycles. The third-order valence-corrected chi connectivity index (χ3v) is 5.03. The molecule has 1 heterocycles. The van der Waals surface area contributed by atoms with Crippen LogP contribution in [0, 0.1) is 13.8 Å². The molecule has 0 spiro atoms. The van der Waals surface area contributed by atoms with Crippen molar-refractivity contribution in [3.8, 4) is 0 Å². The molecule has 0 fully saturated rings. The van der Waals surface area contributed by atoms with Gasteiger partial charge in [-0.15, -0.1) is 0 Å². The molecular formula is C16H27N3O5S. The quantitative estimate of drug-likeness (QED) is 0.526. The molecule has 8 nitrogen and oxygen atoms in total. The molecule has 0 unspecified atom stereocenters. The van der Waals surface area contributed by atoms with Crippen molar-refractivity contribution in [3.63, 3.8) is 0 Å². The lowest BCUT2D eigenvalue weighted by Gasteiger charge is -2.13. The van der Waals surface area contributed by atoms with Crippen LogP contribution < -0.4 is 5.32 Å². The normalized spacial score (nSPS) is 11.8. The van der Waals surface area contributed by atoms with Gasteiger partial charge in [0.05, 0.1) is 17.9 Å². The average molecular weight is 373 g/mol. The summed E-state index contributed by atoms with van der Waals surface area (Å²) >= 11 is 0. The van der Waals surface area contributed by atoms with Gasteiger partial charge in [-0.1, -0.05) is 0 Å². The van der Waals surface area contributed by atoms with E-state index in [-0.39, 0.29) is 12.0 Å². The summed E-state index contributed by atoms with van der Waals surface area (Å²) in [6.45, 7) is 7.55. The Labute approximate surface area is 149 Å². The van der Waals surface area contributed by atoms with Gasteiger partial charge in [-0.25, -0.2) is 17.5 Å². The molecule has 0 saturated heterocycles. The van der Waals surface area contributed by atoms with Gasteiger partial charge in [0.15, 0.2) is 0 Å². The first-order chi connectivity index (χ1) is 11.4. The van der Waals surface area contributed by atoms with Crippen molar-refractivity contribution < 1.29 is 22.7 Å². The highest BCUT2D eigenvalue weighted by molar-refractivity contribution is 7.88. The maximum absolute atomic E-state index is 12.3. The fraction of sp³-hybridized carbons (Fsp3) is 0.625. The van der Waals surface area contributed by atoms with E-state index < -0.39 is 16.0 Å². The topological polar surface area (TPSA) is 109 Å². The van der Waals surface area contributed by atoms with Gasteiger partial charge in [-0.3, -0.25) is 4.79 Å². The predicted octanol–water partition coefficient (Wildman–Crippen LogP) is 1.21. The minimum absolute atomic E-state index is 0.245. The average Bonchev–Trinajstić information content (AvgIpc) is 2.76. The first-order valence-electron chi connectivity index (χ1n) is 8.04. The summed E-state index contributed by atoms with van der Waals surface area (Å²) in [5.41, 5.74) is 1.79. The molecule has 0 radical (unpaired) electrons. The second-order valence-corrected chi connectivity index (χ2v) is 8.36. The minimum Gasteiger partial charge on any atom is -0.459 e. The lowest BCUT2D eigenvalue weighted by Crippen LogP contribution is -2.31. The van der Waals surface area contributed by atoms with Gasteiger partial charge in [-0.05, 0) is 39.7 Å². The zero-order chi connectivity index (χ0) is 19.4. The van der Waals surface area contributed by atoms with Crippen molar-refractivity contribution in [1.82, 2.24) is 14.6 Å². The molecule has 0 bridgehead atoms. The summed E-state index contributed by atoms with van der Waals surface area (Å²) in [5.74, 6) is -0.804. The summed E-state index contributed by atoms with van der Waals surface area (Å²) in [7, 11) is -1.73. The SMILES string of the molecule is Cc1[nH]c(C(=O)NCCCN(C)S(C)(=O)=O)c(C)c1C(=O)OC(C)C. The standard InChI is InChI=1S/C16H27N3O5S/c1-10(2)24-16(21)13-11(3)14(18-12(13)4)15(20)17-8-7-9-19(5)25(6,22)23/h10,18H,7-9H2,1-6H3,(H,17,20). The zero-order valence-electron chi connectivity index (χ0n) is 15.6. The molecule has 0 aliphatic rings. The second kappa shape index (κ2) is 8.48. The van der Waals surface area contributed by atoms with Crippen molar-refractivity contribution in [2.75, 3.05) is 26.4 Å². The van der Waals surface area contributed by atoms with E-state index in [0.29, 0.717) is 42.0 Å². The molecule has 142 valence electrons. The van der Waals surface area contributed by atoms with Crippen LogP contribution in [0.15, 0.2) is 0 Å². The highest BCUT2D eigenvalue weighted by Crippen LogP contribution is 2.19.